The van der Waals surface area contributed by atoms with Crippen molar-refractivity contribution >= 4 is 21.7 Å². The van der Waals surface area contributed by atoms with Crippen molar-refractivity contribution in [3.05, 3.63) is 36.0 Å². The van der Waals surface area contributed by atoms with Gasteiger partial charge < -0.3 is 0 Å². The fraction of sp³-hybridized carbons (Fsp3) is 0.300. The molecule has 12 heavy (non-hydrogen) atoms. The molecule has 1 aliphatic rings. The number of rotatable bonds is 1. The lowest BCUT2D eigenvalue weighted by atomic mass is 10.1. The Morgan fingerprint density at radius 1 is 1.33 bits per heavy atom. The summed E-state index contributed by atoms with van der Waals surface area (Å²) in [5, 5.41) is 0. The Morgan fingerprint density at radius 3 is 2.33 bits per heavy atom. The van der Waals surface area contributed by atoms with Crippen molar-refractivity contribution in [2.24, 2.45) is 0 Å². The highest BCUT2D eigenvalue weighted by molar-refractivity contribution is 9.09. The zero-order valence-corrected chi connectivity index (χ0v) is 8.84. The van der Waals surface area contributed by atoms with Crippen LogP contribution in [-0.4, -0.2) is 17.7 Å². The van der Waals surface area contributed by atoms with E-state index >= 15 is 0 Å². The average Bonchev–Trinajstić information content (AvgIpc) is 2.05. The number of allylic oxidation sites excluding steroid dienone is 6. The molecule has 0 aromatic heterocycles. The summed E-state index contributed by atoms with van der Waals surface area (Å²) < 4.78 is 5.05. The topological polar surface area (TPSA) is 11.3 Å². The van der Waals surface area contributed by atoms with Gasteiger partial charge in [0.2, 0.25) is 0 Å². The van der Waals surface area contributed by atoms with Crippen molar-refractivity contribution in [3.63, 3.8) is 0 Å². The normalized spacial score (nSPS) is 17.9. The average molecular weight is 228 g/mol. The fourth-order valence-electron chi connectivity index (χ4n) is 0.980. The maximum atomic E-state index is 5.05. The van der Waals surface area contributed by atoms with Crippen LogP contribution in [0.3, 0.4) is 0 Å². The molecule has 0 aromatic carbocycles. The second kappa shape index (κ2) is 4.41. The molecule has 0 radical (unpaired) electrons. The molecule has 0 fully saturated rings. The number of alkyl halides is 1. The quantitative estimate of drug-likeness (QED) is 0.482. The van der Waals surface area contributed by atoms with Crippen molar-refractivity contribution in [2.45, 2.75) is 11.8 Å². The van der Waals surface area contributed by atoms with Crippen LogP contribution in [0.15, 0.2) is 36.0 Å². The van der Waals surface area contributed by atoms with Crippen LogP contribution in [-0.2, 0) is 4.42 Å². The third-order valence-corrected chi connectivity index (χ3v) is 1.80. The number of ketones is 1. The Balaban J connectivity index is 2.73. The first-order chi connectivity index (χ1) is 5.72. The molecule has 1 aliphatic carbocycles. The highest BCUT2D eigenvalue weighted by Crippen LogP contribution is 2.10. The van der Waals surface area contributed by atoms with Crippen molar-refractivity contribution in [1.29, 1.82) is 0 Å². The standard InChI is InChI=1S/C10H12BrO/c1-8(11)7-9-3-5-10(12-2)6-4-9/h3-8H,1-2H3/q+1/t8-/m1/s1. The number of halogens is 1. The summed E-state index contributed by atoms with van der Waals surface area (Å²) in [6.45, 7) is 2.09. The summed E-state index contributed by atoms with van der Waals surface area (Å²) in [6.07, 6.45) is 10.1. The van der Waals surface area contributed by atoms with E-state index in [4.69, 9.17) is 4.42 Å². The van der Waals surface area contributed by atoms with Gasteiger partial charge in [-0.3, -0.25) is 4.42 Å². The molecular formula is C10H12BrO+. The first kappa shape index (κ1) is 9.46. The van der Waals surface area contributed by atoms with Gasteiger partial charge in [0.1, 0.15) is 0 Å². The highest BCUT2D eigenvalue weighted by atomic mass is 79.9. The van der Waals surface area contributed by atoms with Crippen LogP contribution in [0.2, 0.25) is 0 Å². The fourth-order valence-corrected chi connectivity index (χ4v) is 1.29. The predicted octanol–water partition coefficient (Wildman–Crippen LogP) is 2.56. The van der Waals surface area contributed by atoms with Crippen molar-refractivity contribution in [3.8, 4) is 0 Å². The van der Waals surface area contributed by atoms with E-state index in [1.165, 1.54) is 5.57 Å². The lowest BCUT2D eigenvalue weighted by Gasteiger charge is -1.98. The van der Waals surface area contributed by atoms with Gasteiger partial charge in [0.15, 0.2) is 0 Å². The Kier molecular flexibility index (Phi) is 3.48. The smallest absolute Gasteiger partial charge is 0.258 e. The summed E-state index contributed by atoms with van der Waals surface area (Å²) >= 11 is 3.46. The molecule has 1 rings (SSSR count). The SMILES string of the molecule is C[O+]=C1C=CC(=C[C@@H](C)Br)C=C1. The van der Waals surface area contributed by atoms with Crippen LogP contribution in [0.5, 0.6) is 0 Å². The summed E-state index contributed by atoms with van der Waals surface area (Å²) in [5.41, 5.74) is 1.21. The van der Waals surface area contributed by atoms with Gasteiger partial charge in [0.05, 0.1) is 0 Å². The number of hydrogen-bond acceptors (Lipinski definition) is 0. The van der Waals surface area contributed by atoms with E-state index < -0.39 is 0 Å². The summed E-state index contributed by atoms with van der Waals surface area (Å²) in [6, 6.07) is 0. The van der Waals surface area contributed by atoms with E-state index in [0.717, 1.165) is 5.78 Å². The van der Waals surface area contributed by atoms with E-state index in [9.17, 15) is 0 Å². The molecular weight excluding hydrogens is 216 g/mol. The first-order valence-corrected chi connectivity index (χ1v) is 4.77. The minimum absolute atomic E-state index is 0.408. The molecule has 0 spiro atoms. The van der Waals surface area contributed by atoms with Gasteiger partial charge in [-0.2, -0.15) is 0 Å². The molecule has 0 N–H and O–H groups in total. The summed E-state index contributed by atoms with van der Waals surface area (Å²) in [7, 11) is 1.67. The van der Waals surface area contributed by atoms with Gasteiger partial charge >= 0.3 is 5.78 Å². The monoisotopic (exact) mass is 227 g/mol. The molecule has 0 heterocycles. The van der Waals surface area contributed by atoms with Crippen molar-refractivity contribution in [2.75, 3.05) is 7.11 Å². The molecule has 1 nitrogen and oxygen atoms in total. The number of carbonyl (C=O) groups excluding carboxylic acids is 1. The summed E-state index contributed by atoms with van der Waals surface area (Å²) in [4.78, 5) is 0.408. The third kappa shape index (κ3) is 2.78. The minimum atomic E-state index is 0.408. The molecule has 0 amide bonds. The second-order valence-corrected chi connectivity index (χ2v) is 4.06. The third-order valence-electron chi connectivity index (χ3n) is 1.54. The lowest BCUT2D eigenvalue weighted by molar-refractivity contribution is -0.417. The molecule has 2 heteroatoms. The van der Waals surface area contributed by atoms with Crippen LogP contribution >= 0.6 is 15.9 Å². The van der Waals surface area contributed by atoms with Gasteiger partial charge in [0, 0.05) is 17.0 Å². The molecule has 0 saturated heterocycles. The zero-order valence-electron chi connectivity index (χ0n) is 7.25. The maximum Gasteiger partial charge on any atom is 0.343 e. The largest absolute Gasteiger partial charge is 0.343 e. The van der Waals surface area contributed by atoms with Gasteiger partial charge in [0.25, 0.3) is 7.11 Å². The van der Waals surface area contributed by atoms with E-state index in [2.05, 4.69) is 28.9 Å². The van der Waals surface area contributed by atoms with E-state index in [-0.39, 0.29) is 0 Å². The first-order valence-electron chi connectivity index (χ1n) is 3.85. The van der Waals surface area contributed by atoms with Gasteiger partial charge in [-0.25, -0.2) is 0 Å². The van der Waals surface area contributed by atoms with Crippen LogP contribution < -0.4 is 0 Å². The van der Waals surface area contributed by atoms with E-state index in [1.54, 1.807) is 7.11 Å². The molecule has 0 unspecified atom stereocenters. The Hall–Kier alpha value is -0.630. The molecule has 64 valence electrons. The lowest BCUT2D eigenvalue weighted by Crippen LogP contribution is -1.96. The van der Waals surface area contributed by atoms with Gasteiger partial charge in [-0.1, -0.05) is 22.0 Å². The van der Waals surface area contributed by atoms with Gasteiger partial charge in [-0.15, -0.1) is 0 Å². The van der Waals surface area contributed by atoms with Crippen LogP contribution in [0, 0.1) is 0 Å². The van der Waals surface area contributed by atoms with E-state index in [1.807, 2.05) is 24.3 Å². The van der Waals surface area contributed by atoms with E-state index in [0.29, 0.717) is 4.83 Å². The van der Waals surface area contributed by atoms with Gasteiger partial charge in [-0.05, 0) is 24.6 Å². The Morgan fingerprint density at radius 2 is 1.92 bits per heavy atom. The Labute approximate surface area is 81.3 Å². The molecule has 0 saturated carbocycles. The number of hydrogen-bond donors (Lipinski definition) is 0. The highest BCUT2D eigenvalue weighted by Gasteiger charge is 2.05. The Bertz CT molecular complexity index is 252. The van der Waals surface area contributed by atoms with Crippen molar-refractivity contribution in [1.82, 2.24) is 0 Å². The molecule has 0 bridgehead atoms. The predicted molar refractivity (Wildman–Crippen MR) is 55.7 cm³/mol. The van der Waals surface area contributed by atoms with Crippen LogP contribution in [0.25, 0.3) is 0 Å². The van der Waals surface area contributed by atoms with Crippen molar-refractivity contribution < 1.29 is 4.42 Å². The summed E-state index contributed by atoms with van der Waals surface area (Å²) in [5.74, 6) is 0.898. The van der Waals surface area contributed by atoms with Crippen LogP contribution in [0.4, 0.5) is 0 Å². The van der Waals surface area contributed by atoms with Crippen LogP contribution in [0.1, 0.15) is 6.92 Å². The minimum Gasteiger partial charge on any atom is -0.258 e. The molecule has 1 atom stereocenters. The zero-order chi connectivity index (χ0) is 8.97. The molecule has 0 aromatic rings. The second-order valence-electron chi connectivity index (χ2n) is 2.62. The molecule has 0 aliphatic heterocycles. The maximum absolute atomic E-state index is 5.05.